The highest BCUT2D eigenvalue weighted by Gasteiger charge is 2.39. The molecule has 1 aliphatic heterocycles. The van der Waals surface area contributed by atoms with Gasteiger partial charge in [-0.15, -0.1) is 19.7 Å². The number of hydrogen-bond donors (Lipinski definition) is 1. The molecule has 2 unspecified atom stereocenters. The molecule has 0 aliphatic carbocycles. The minimum absolute atomic E-state index is 0.0309. The lowest BCUT2D eigenvalue weighted by atomic mass is 9.88. The topological polar surface area (TPSA) is 29.3 Å². The molecule has 4 rings (SSSR count). The lowest BCUT2D eigenvalue weighted by molar-refractivity contribution is -0.0276. The maximum atomic E-state index is 6.22. The van der Waals surface area contributed by atoms with Gasteiger partial charge >= 0.3 is 0 Å². The largest absolute Gasteiger partial charge is 0.313 e. The number of allylic oxidation sites excluding steroid dienone is 1. The number of hydrogen-bond acceptors (Lipinski definition) is 2. The smallest absolute Gasteiger partial charge is 0.0697 e. The van der Waals surface area contributed by atoms with E-state index in [-0.39, 0.29) is 5.66 Å². The summed E-state index contributed by atoms with van der Waals surface area (Å²) in [5.41, 5.74) is 12.2. The molecule has 54 heavy (non-hydrogen) atoms. The fourth-order valence-electron chi connectivity index (χ4n) is 4.19. The highest BCUT2D eigenvalue weighted by Crippen LogP contribution is 2.30. The highest BCUT2D eigenvalue weighted by molar-refractivity contribution is 5.42. The van der Waals surface area contributed by atoms with Crippen molar-refractivity contribution in [2.24, 2.45) is 23.5 Å². The van der Waals surface area contributed by atoms with Crippen LogP contribution in [0.25, 0.3) is 0 Å². The minimum Gasteiger partial charge on any atom is -0.313 e. The first-order valence-electron chi connectivity index (χ1n) is 21.0. The lowest BCUT2D eigenvalue weighted by Crippen LogP contribution is -2.66. The van der Waals surface area contributed by atoms with Crippen molar-refractivity contribution in [2.45, 2.75) is 155 Å². The van der Waals surface area contributed by atoms with Crippen LogP contribution in [0.2, 0.25) is 0 Å². The molecule has 1 fully saturated rings. The number of nitrogens with two attached hydrogens (primary N) is 1. The van der Waals surface area contributed by atoms with Gasteiger partial charge < -0.3 is 5.73 Å². The minimum atomic E-state index is 0.0309. The van der Waals surface area contributed by atoms with Gasteiger partial charge in [-0.25, -0.2) is 0 Å². The molecule has 0 amide bonds. The van der Waals surface area contributed by atoms with Crippen LogP contribution in [0.5, 0.6) is 0 Å². The fourth-order valence-corrected chi connectivity index (χ4v) is 4.19. The number of rotatable bonds is 6. The van der Waals surface area contributed by atoms with Crippen LogP contribution in [-0.2, 0) is 0 Å². The molecule has 1 heterocycles. The Labute approximate surface area is 340 Å². The second-order valence-corrected chi connectivity index (χ2v) is 14.1. The Morgan fingerprint density at radius 1 is 0.704 bits per heavy atom. The van der Waals surface area contributed by atoms with Crippen molar-refractivity contribution in [1.29, 1.82) is 0 Å². The highest BCUT2D eigenvalue weighted by atomic mass is 15.3. The van der Waals surface area contributed by atoms with Crippen LogP contribution in [0.4, 0.5) is 0 Å². The van der Waals surface area contributed by atoms with Crippen LogP contribution >= 0.6 is 0 Å². The molecular weight excluding hydrogens is 653 g/mol. The SMILES string of the molecule is C(#Cc1ccccc1)c1ccccc1.C=C.C=C(C)C.CC.CC.CCC.CCC1(N)CCN1CC(C)C(C)C.CCCC(C)C.Cc1ccc(C)cc1. The molecule has 2 nitrogen and oxygen atoms in total. The average Bonchev–Trinajstić information content (AvgIpc) is 3.17. The van der Waals surface area contributed by atoms with Gasteiger partial charge in [-0.2, -0.15) is 0 Å². The summed E-state index contributed by atoms with van der Waals surface area (Å²) in [7, 11) is 0. The zero-order valence-corrected chi connectivity index (χ0v) is 38.9. The van der Waals surface area contributed by atoms with Crippen molar-refractivity contribution in [3.8, 4) is 11.8 Å². The molecule has 2 heteroatoms. The van der Waals surface area contributed by atoms with E-state index in [1.165, 1.54) is 55.5 Å². The lowest BCUT2D eigenvalue weighted by Gasteiger charge is -2.51. The second kappa shape index (κ2) is 42.4. The molecule has 0 aromatic heterocycles. The van der Waals surface area contributed by atoms with Crippen molar-refractivity contribution < 1.29 is 0 Å². The third-order valence-corrected chi connectivity index (χ3v) is 7.69. The summed E-state index contributed by atoms with van der Waals surface area (Å²) < 4.78 is 0. The normalized spacial score (nSPS) is 13.6. The second-order valence-electron chi connectivity index (χ2n) is 14.1. The summed E-state index contributed by atoms with van der Waals surface area (Å²) in [6.07, 6.45) is 6.21. The molecule has 3 aromatic rings. The Balaban J connectivity index is -0.000000184. The quantitative estimate of drug-likeness (QED) is 0.201. The van der Waals surface area contributed by atoms with Gasteiger partial charge in [0.1, 0.15) is 0 Å². The van der Waals surface area contributed by atoms with E-state index in [0.29, 0.717) is 0 Å². The van der Waals surface area contributed by atoms with E-state index in [2.05, 4.69) is 137 Å². The third kappa shape index (κ3) is 38.3. The summed E-state index contributed by atoms with van der Waals surface area (Å²) in [6.45, 7) is 48.1. The predicted octanol–water partition coefficient (Wildman–Crippen LogP) is 15.7. The van der Waals surface area contributed by atoms with Gasteiger partial charge in [0.05, 0.1) is 5.66 Å². The molecule has 1 aliphatic rings. The van der Waals surface area contributed by atoms with Gasteiger partial charge in [0.25, 0.3) is 0 Å². The molecule has 0 saturated carbocycles. The first-order valence-corrected chi connectivity index (χ1v) is 21.0. The van der Waals surface area contributed by atoms with Crippen LogP contribution in [-0.4, -0.2) is 23.7 Å². The predicted molar refractivity (Wildman–Crippen MR) is 252 cm³/mol. The number of nitrogens with zero attached hydrogens (tertiary/aromatic N) is 1. The monoisotopic (exact) mass is 743 g/mol. The fraction of sp³-hybridized carbons (Fsp3) is 0.538. The van der Waals surface area contributed by atoms with Crippen LogP contribution in [0.15, 0.2) is 110 Å². The number of aryl methyl sites for hydroxylation is 2. The molecule has 308 valence electrons. The Morgan fingerprint density at radius 3 is 1.24 bits per heavy atom. The summed E-state index contributed by atoms with van der Waals surface area (Å²) >= 11 is 0. The van der Waals surface area contributed by atoms with Gasteiger partial charge in [-0.1, -0.05) is 198 Å². The van der Waals surface area contributed by atoms with Gasteiger partial charge in [0, 0.05) is 24.2 Å². The van der Waals surface area contributed by atoms with Crippen molar-refractivity contribution in [3.05, 3.63) is 132 Å². The molecule has 0 radical (unpaired) electrons. The van der Waals surface area contributed by atoms with E-state index in [1.807, 2.05) is 102 Å². The Kier molecular flexibility index (Phi) is 47.0. The summed E-state index contributed by atoms with van der Waals surface area (Å²) in [4.78, 5) is 2.44. The first-order chi connectivity index (χ1) is 25.6. The summed E-state index contributed by atoms with van der Waals surface area (Å²) in [6, 6.07) is 28.5. The number of benzene rings is 3. The molecular formula is C52H90N2. The molecule has 0 spiro atoms. The van der Waals surface area contributed by atoms with Crippen molar-refractivity contribution >= 4 is 0 Å². The van der Waals surface area contributed by atoms with E-state index in [1.54, 1.807) is 0 Å². The maximum Gasteiger partial charge on any atom is 0.0697 e. The van der Waals surface area contributed by atoms with Crippen LogP contribution in [0, 0.1) is 43.4 Å². The summed E-state index contributed by atoms with van der Waals surface area (Å²) in [5.74, 6) is 8.64. The third-order valence-electron chi connectivity index (χ3n) is 7.69. The van der Waals surface area contributed by atoms with Crippen LogP contribution in [0.3, 0.4) is 0 Å². The molecule has 2 atom stereocenters. The molecule has 2 N–H and O–H groups in total. The Morgan fingerprint density at radius 2 is 1.04 bits per heavy atom. The zero-order valence-electron chi connectivity index (χ0n) is 38.9. The zero-order chi connectivity index (χ0) is 43.0. The average molecular weight is 743 g/mol. The maximum absolute atomic E-state index is 6.22. The molecule has 3 aromatic carbocycles. The van der Waals surface area contributed by atoms with E-state index < -0.39 is 0 Å². The van der Waals surface area contributed by atoms with E-state index in [0.717, 1.165) is 35.3 Å². The Bertz CT molecular complexity index is 1160. The van der Waals surface area contributed by atoms with Crippen LogP contribution in [0.1, 0.15) is 158 Å². The van der Waals surface area contributed by atoms with Gasteiger partial charge in [0.15, 0.2) is 0 Å². The molecule has 1 saturated heterocycles. The van der Waals surface area contributed by atoms with Crippen molar-refractivity contribution in [1.82, 2.24) is 4.90 Å². The van der Waals surface area contributed by atoms with E-state index in [9.17, 15) is 0 Å². The van der Waals surface area contributed by atoms with E-state index in [4.69, 9.17) is 5.73 Å². The van der Waals surface area contributed by atoms with Crippen molar-refractivity contribution in [2.75, 3.05) is 13.1 Å². The van der Waals surface area contributed by atoms with Crippen LogP contribution < -0.4 is 5.73 Å². The standard InChI is InChI=1S/C14H10.C11H24N2.C8H10.C6H14.C4H8.C3H8.2C2H6.C2H4/c1-3-7-13(8-4-1)11-12-14-9-5-2-6-10-14;1-5-11(12)6-7-13(11)8-10(4)9(2)3;1-7-3-5-8(2)6-4-7;1-4-5-6(2)3;1-4(2)3;1-3-2;3*1-2/h1-10H;9-10H,5-8,12H2,1-4H3;3-6H,1-2H3;6H,4-5H2,1-3H3;1H2,2-3H3;3H2,1-2H3;2*1-2H3;1-2H2. The Hall–Kier alpha value is -3.38. The number of likely N-dealkylation sites (tertiary alicyclic amines) is 1. The van der Waals surface area contributed by atoms with Gasteiger partial charge in [0.2, 0.25) is 0 Å². The van der Waals surface area contributed by atoms with E-state index >= 15 is 0 Å². The summed E-state index contributed by atoms with van der Waals surface area (Å²) in [5, 5.41) is 0. The van der Waals surface area contributed by atoms with Gasteiger partial charge in [-0.05, 0) is 82.6 Å². The molecule has 0 bridgehead atoms. The van der Waals surface area contributed by atoms with Crippen molar-refractivity contribution in [3.63, 3.8) is 0 Å². The van der Waals surface area contributed by atoms with Gasteiger partial charge in [-0.3, -0.25) is 4.90 Å². The first kappa shape index (κ1) is 59.9.